The minimum atomic E-state index is -0.0918. The maximum absolute atomic E-state index is 6.24. The van der Waals surface area contributed by atoms with Crippen molar-refractivity contribution in [3.05, 3.63) is 11.9 Å². The first-order chi connectivity index (χ1) is 8.26. The van der Waals surface area contributed by atoms with Crippen molar-refractivity contribution >= 4 is 0 Å². The van der Waals surface area contributed by atoms with Crippen LogP contribution < -0.4 is 15.2 Å². The van der Waals surface area contributed by atoms with Crippen molar-refractivity contribution in [1.82, 2.24) is 9.97 Å². The summed E-state index contributed by atoms with van der Waals surface area (Å²) < 4.78 is 10.3. The Labute approximate surface area is 101 Å². The average molecular weight is 237 g/mol. The number of hydrogen-bond donors (Lipinski definition) is 1. The summed E-state index contributed by atoms with van der Waals surface area (Å²) in [5, 5.41) is 0. The van der Waals surface area contributed by atoms with Crippen LogP contribution in [0.5, 0.6) is 11.8 Å². The molecule has 1 aromatic rings. The molecule has 17 heavy (non-hydrogen) atoms. The molecule has 0 aliphatic heterocycles. The normalized spacial score (nSPS) is 18.1. The largest absolute Gasteiger partial charge is 0.480 e. The van der Waals surface area contributed by atoms with Crippen molar-refractivity contribution in [3.8, 4) is 11.8 Å². The number of ether oxygens (including phenoxy) is 2. The van der Waals surface area contributed by atoms with E-state index in [9.17, 15) is 0 Å². The first kappa shape index (κ1) is 12.1. The van der Waals surface area contributed by atoms with E-state index in [-0.39, 0.29) is 6.04 Å². The van der Waals surface area contributed by atoms with Crippen LogP contribution in [0.3, 0.4) is 0 Å². The van der Waals surface area contributed by atoms with Crippen LogP contribution in [0, 0.1) is 5.92 Å². The second-order valence-electron chi connectivity index (χ2n) is 4.38. The molecule has 1 atom stereocenters. The van der Waals surface area contributed by atoms with Crippen LogP contribution in [0.2, 0.25) is 0 Å². The monoisotopic (exact) mass is 237 g/mol. The molecular formula is C12H19N3O2. The van der Waals surface area contributed by atoms with E-state index in [0.717, 1.165) is 18.5 Å². The fourth-order valence-electron chi connectivity index (χ4n) is 2.38. The first-order valence-corrected chi connectivity index (χ1v) is 5.96. The standard InChI is InChI=1S/C12H19N3O2/c1-16-9-7-14-11(12(15-9)17-2)10(13)8-5-3-4-6-8/h7-8,10H,3-6,13H2,1-2H3. The number of rotatable bonds is 4. The van der Waals surface area contributed by atoms with Gasteiger partial charge in [-0.15, -0.1) is 0 Å². The number of aromatic nitrogens is 2. The van der Waals surface area contributed by atoms with Gasteiger partial charge in [-0.1, -0.05) is 12.8 Å². The summed E-state index contributed by atoms with van der Waals surface area (Å²) in [5.41, 5.74) is 6.98. The van der Waals surface area contributed by atoms with Gasteiger partial charge in [-0.2, -0.15) is 4.98 Å². The summed E-state index contributed by atoms with van der Waals surface area (Å²) in [4.78, 5) is 8.54. The highest BCUT2D eigenvalue weighted by Crippen LogP contribution is 2.36. The van der Waals surface area contributed by atoms with E-state index in [1.165, 1.54) is 12.8 Å². The molecule has 0 spiro atoms. The zero-order valence-corrected chi connectivity index (χ0v) is 10.3. The summed E-state index contributed by atoms with van der Waals surface area (Å²) in [6, 6.07) is -0.0918. The summed E-state index contributed by atoms with van der Waals surface area (Å²) in [6.45, 7) is 0. The first-order valence-electron chi connectivity index (χ1n) is 5.96. The quantitative estimate of drug-likeness (QED) is 0.862. The van der Waals surface area contributed by atoms with Crippen molar-refractivity contribution in [2.45, 2.75) is 31.7 Å². The molecule has 5 nitrogen and oxygen atoms in total. The topological polar surface area (TPSA) is 70.3 Å². The highest BCUT2D eigenvalue weighted by molar-refractivity contribution is 5.26. The van der Waals surface area contributed by atoms with Gasteiger partial charge in [-0.3, -0.25) is 0 Å². The number of nitrogens with two attached hydrogens (primary N) is 1. The van der Waals surface area contributed by atoms with Crippen molar-refractivity contribution in [3.63, 3.8) is 0 Å². The molecule has 5 heteroatoms. The van der Waals surface area contributed by atoms with Gasteiger partial charge in [0.25, 0.3) is 0 Å². The van der Waals surface area contributed by atoms with E-state index >= 15 is 0 Å². The predicted molar refractivity (Wildman–Crippen MR) is 64.0 cm³/mol. The van der Waals surface area contributed by atoms with Crippen LogP contribution in [-0.2, 0) is 0 Å². The molecular weight excluding hydrogens is 218 g/mol. The van der Waals surface area contributed by atoms with Gasteiger partial charge in [0.15, 0.2) is 0 Å². The lowest BCUT2D eigenvalue weighted by atomic mass is 9.96. The molecule has 0 amide bonds. The second kappa shape index (κ2) is 5.31. The number of hydrogen-bond acceptors (Lipinski definition) is 5. The zero-order chi connectivity index (χ0) is 12.3. The Bertz CT molecular complexity index is 378. The molecule has 0 aromatic carbocycles. The van der Waals surface area contributed by atoms with E-state index in [2.05, 4.69) is 9.97 Å². The fourth-order valence-corrected chi connectivity index (χ4v) is 2.38. The van der Waals surface area contributed by atoms with Crippen molar-refractivity contribution in [1.29, 1.82) is 0 Å². The SMILES string of the molecule is COc1cnc(C(N)C2CCCC2)c(OC)n1. The van der Waals surface area contributed by atoms with Crippen molar-refractivity contribution < 1.29 is 9.47 Å². The van der Waals surface area contributed by atoms with Gasteiger partial charge < -0.3 is 15.2 Å². The van der Waals surface area contributed by atoms with Gasteiger partial charge >= 0.3 is 0 Å². The Hall–Kier alpha value is -1.36. The molecule has 94 valence electrons. The van der Waals surface area contributed by atoms with E-state index < -0.39 is 0 Å². The molecule has 0 saturated heterocycles. The van der Waals surface area contributed by atoms with Crippen LogP contribution in [0.4, 0.5) is 0 Å². The Balaban J connectivity index is 2.23. The molecule has 1 aliphatic carbocycles. The molecule has 1 unspecified atom stereocenters. The van der Waals surface area contributed by atoms with Crippen LogP contribution in [0.15, 0.2) is 6.20 Å². The third-order valence-corrected chi connectivity index (χ3v) is 3.37. The van der Waals surface area contributed by atoms with Gasteiger partial charge in [-0.05, 0) is 18.8 Å². The molecule has 2 N–H and O–H groups in total. The molecule has 1 saturated carbocycles. The molecule has 1 fully saturated rings. The third-order valence-electron chi connectivity index (χ3n) is 3.37. The second-order valence-corrected chi connectivity index (χ2v) is 4.38. The lowest BCUT2D eigenvalue weighted by Crippen LogP contribution is -2.21. The summed E-state index contributed by atoms with van der Waals surface area (Å²) >= 11 is 0. The summed E-state index contributed by atoms with van der Waals surface area (Å²) in [5.74, 6) is 1.42. The van der Waals surface area contributed by atoms with Gasteiger partial charge in [0, 0.05) is 0 Å². The van der Waals surface area contributed by atoms with Crippen LogP contribution in [-0.4, -0.2) is 24.2 Å². The van der Waals surface area contributed by atoms with Gasteiger partial charge in [0.2, 0.25) is 11.8 Å². The van der Waals surface area contributed by atoms with Gasteiger partial charge in [-0.25, -0.2) is 4.98 Å². The van der Waals surface area contributed by atoms with E-state index in [1.807, 2.05) is 0 Å². The van der Waals surface area contributed by atoms with Gasteiger partial charge in [0.1, 0.15) is 5.69 Å². The molecule has 1 aliphatic rings. The van der Waals surface area contributed by atoms with Crippen LogP contribution in [0.25, 0.3) is 0 Å². The lowest BCUT2D eigenvalue weighted by molar-refractivity contribution is 0.342. The summed E-state index contributed by atoms with van der Waals surface area (Å²) in [7, 11) is 3.13. The molecule has 1 heterocycles. The Morgan fingerprint density at radius 2 is 2.00 bits per heavy atom. The smallest absolute Gasteiger partial charge is 0.240 e. The molecule has 0 radical (unpaired) electrons. The Morgan fingerprint density at radius 1 is 1.29 bits per heavy atom. The highest BCUT2D eigenvalue weighted by atomic mass is 16.5. The van der Waals surface area contributed by atoms with E-state index in [4.69, 9.17) is 15.2 Å². The van der Waals surface area contributed by atoms with Crippen molar-refractivity contribution in [2.75, 3.05) is 14.2 Å². The van der Waals surface area contributed by atoms with Gasteiger partial charge in [0.05, 0.1) is 26.5 Å². The minimum absolute atomic E-state index is 0.0918. The predicted octanol–water partition coefficient (Wildman–Crippen LogP) is 1.68. The summed E-state index contributed by atoms with van der Waals surface area (Å²) in [6.07, 6.45) is 6.43. The molecule has 2 rings (SSSR count). The average Bonchev–Trinajstić information content (AvgIpc) is 2.91. The lowest BCUT2D eigenvalue weighted by Gasteiger charge is -2.19. The van der Waals surface area contributed by atoms with Crippen LogP contribution >= 0.6 is 0 Å². The minimum Gasteiger partial charge on any atom is -0.480 e. The number of methoxy groups -OCH3 is 2. The van der Waals surface area contributed by atoms with Crippen molar-refractivity contribution in [2.24, 2.45) is 11.7 Å². The van der Waals surface area contributed by atoms with E-state index in [0.29, 0.717) is 17.7 Å². The maximum Gasteiger partial charge on any atom is 0.240 e. The highest BCUT2D eigenvalue weighted by Gasteiger charge is 2.27. The molecule has 1 aromatic heterocycles. The van der Waals surface area contributed by atoms with E-state index in [1.54, 1.807) is 20.4 Å². The molecule has 0 bridgehead atoms. The zero-order valence-electron chi connectivity index (χ0n) is 10.3. The fraction of sp³-hybridized carbons (Fsp3) is 0.667. The Morgan fingerprint density at radius 3 is 2.59 bits per heavy atom. The van der Waals surface area contributed by atoms with Crippen LogP contribution in [0.1, 0.15) is 37.4 Å². The maximum atomic E-state index is 6.24. The Kier molecular flexibility index (Phi) is 3.78. The number of nitrogens with zero attached hydrogens (tertiary/aromatic N) is 2. The third kappa shape index (κ3) is 2.49.